The van der Waals surface area contributed by atoms with Crippen molar-refractivity contribution in [2.75, 3.05) is 13.6 Å². The van der Waals surface area contributed by atoms with Crippen LogP contribution in [0.5, 0.6) is 0 Å². The second-order valence-corrected chi connectivity index (χ2v) is 5.22. The zero-order valence-electron chi connectivity index (χ0n) is 11.4. The summed E-state index contributed by atoms with van der Waals surface area (Å²) in [7, 11) is 2.13. The van der Waals surface area contributed by atoms with E-state index in [1.165, 1.54) is 6.42 Å². The molecular weight excluding hydrogens is 210 g/mol. The second kappa shape index (κ2) is 6.72. The van der Waals surface area contributed by atoms with Gasteiger partial charge in [-0.1, -0.05) is 19.9 Å². The Kier molecular flexibility index (Phi) is 5.59. The molecule has 1 aromatic rings. The Hall–Kier alpha value is -0.930. The van der Waals surface area contributed by atoms with E-state index < -0.39 is 0 Å². The predicted molar refractivity (Wildman–Crippen MR) is 72.7 cm³/mol. The standard InChI is InChI=1S/C14H25N3/c1-11(2)8-10-17(4)14(12(3)15)13-7-5-6-9-16-13/h5-7,9,11-12,14H,8,10,15H2,1-4H3. The molecule has 3 heteroatoms. The van der Waals surface area contributed by atoms with Crippen LogP contribution in [0.15, 0.2) is 24.4 Å². The van der Waals surface area contributed by atoms with Gasteiger partial charge in [0.15, 0.2) is 0 Å². The van der Waals surface area contributed by atoms with Crippen molar-refractivity contribution in [3.05, 3.63) is 30.1 Å². The molecule has 2 unspecified atom stereocenters. The molecule has 0 aliphatic rings. The van der Waals surface area contributed by atoms with Gasteiger partial charge in [0.25, 0.3) is 0 Å². The van der Waals surface area contributed by atoms with Crippen molar-refractivity contribution in [3.8, 4) is 0 Å². The van der Waals surface area contributed by atoms with Crippen molar-refractivity contribution in [3.63, 3.8) is 0 Å². The van der Waals surface area contributed by atoms with Gasteiger partial charge in [0.1, 0.15) is 0 Å². The highest BCUT2D eigenvalue weighted by Gasteiger charge is 2.21. The first-order valence-corrected chi connectivity index (χ1v) is 6.39. The number of nitrogens with two attached hydrogens (primary N) is 1. The number of likely N-dealkylation sites (N-methyl/N-ethyl adjacent to an activating group) is 1. The maximum Gasteiger partial charge on any atom is 0.0668 e. The molecule has 3 nitrogen and oxygen atoms in total. The van der Waals surface area contributed by atoms with Crippen LogP contribution >= 0.6 is 0 Å². The molecule has 0 amide bonds. The molecule has 0 aliphatic carbocycles. The molecule has 0 fully saturated rings. The monoisotopic (exact) mass is 235 g/mol. The fraction of sp³-hybridized carbons (Fsp3) is 0.643. The van der Waals surface area contributed by atoms with Gasteiger partial charge in [-0.2, -0.15) is 0 Å². The summed E-state index contributed by atoms with van der Waals surface area (Å²) >= 11 is 0. The summed E-state index contributed by atoms with van der Waals surface area (Å²) in [5.74, 6) is 0.718. The molecule has 1 aromatic heterocycles. The maximum absolute atomic E-state index is 6.09. The van der Waals surface area contributed by atoms with Crippen LogP contribution in [0.2, 0.25) is 0 Å². The Morgan fingerprint density at radius 3 is 2.47 bits per heavy atom. The van der Waals surface area contributed by atoms with Gasteiger partial charge in [-0.25, -0.2) is 0 Å². The molecule has 0 saturated heterocycles. The van der Waals surface area contributed by atoms with E-state index in [2.05, 4.69) is 36.8 Å². The van der Waals surface area contributed by atoms with E-state index in [0.29, 0.717) is 0 Å². The van der Waals surface area contributed by atoms with Gasteiger partial charge in [0.2, 0.25) is 0 Å². The average Bonchev–Trinajstić information content (AvgIpc) is 2.27. The number of rotatable bonds is 6. The molecule has 0 spiro atoms. The van der Waals surface area contributed by atoms with Crippen LogP contribution in [-0.2, 0) is 0 Å². The lowest BCUT2D eigenvalue weighted by atomic mass is 10.0. The summed E-state index contributed by atoms with van der Waals surface area (Å²) in [6.07, 6.45) is 3.02. The third-order valence-corrected chi connectivity index (χ3v) is 3.02. The number of pyridine rings is 1. The maximum atomic E-state index is 6.09. The second-order valence-electron chi connectivity index (χ2n) is 5.22. The molecule has 0 aromatic carbocycles. The first-order valence-electron chi connectivity index (χ1n) is 6.39. The van der Waals surface area contributed by atoms with E-state index >= 15 is 0 Å². The Morgan fingerprint density at radius 2 is 2.00 bits per heavy atom. The summed E-state index contributed by atoms with van der Waals surface area (Å²) in [5, 5.41) is 0. The van der Waals surface area contributed by atoms with E-state index in [0.717, 1.165) is 18.2 Å². The fourth-order valence-corrected chi connectivity index (χ4v) is 2.05. The summed E-state index contributed by atoms with van der Waals surface area (Å²) in [5.41, 5.74) is 7.16. The van der Waals surface area contributed by atoms with E-state index in [-0.39, 0.29) is 12.1 Å². The molecule has 1 rings (SSSR count). The van der Waals surface area contributed by atoms with Crippen LogP contribution in [0, 0.1) is 5.92 Å². The number of hydrogen-bond acceptors (Lipinski definition) is 3. The Balaban J connectivity index is 2.72. The molecule has 1 heterocycles. The largest absolute Gasteiger partial charge is 0.326 e. The van der Waals surface area contributed by atoms with Crippen molar-refractivity contribution < 1.29 is 0 Å². The van der Waals surface area contributed by atoms with Crippen LogP contribution in [0.25, 0.3) is 0 Å². The van der Waals surface area contributed by atoms with Crippen LogP contribution < -0.4 is 5.73 Å². The summed E-state index contributed by atoms with van der Waals surface area (Å²) in [4.78, 5) is 6.74. The fourth-order valence-electron chi connectivity index (χ4n) is 2.05. The SMILES string of the molecule is CC(C)CCN(C)C(c1ccccn1)C(C)N. The summed E-state index contributed by atoms with van der Waals surface area (Å²) in [6.45, 7) is 7.59. The van der Waals surface area contributed by atoms with Gasteiger partial charge in [-0.05, 0) is 45.0 Å². The van der Waals surface area contributed by atoms with Crippen LogP contribution in [0.1, 0.15) is 38.9 Å². The topological polar surface area (TPSA) is 42.2 Å². The van der Waals surface area contributed by atoms with E-state index in [4.69, 9.17) is 5.73 Å². The van der Waals surface area contributed by atoms with Gasteiger partial charge in [0, 0.05) is 12.2 Å². The number of nitrogens with zero attached hydrogens (tertiary/aromatic N) is 2. The molecule has 0 bridgehead atoms. The van der Waals surface area contributed by atoms with E-state index in [9.17, 15) is 0 Å². The normalized spacial score (nSPS) is 15.2. The Labute approximate surface area is 105 Å². The molecule has 96 valence electrons. The summed E-state index contributed by atoms with van der Waals surface area (Å²) < 4.78 is 0. The molecule has 0 radical (unpaired) electrons. The Bertz CT molecular complexity index is 309. The molecule has 2 N–H and O–H groups in total. The van der Waals surface area contributed by atoms with Gasteiger partial charge >= 0.3 is 0 Å². The lowest BCUT2D eigenvalue weighted by molar-refractivity contribution is 0.204. The minimum absolute atomic E-state index is 0.0852. The smallest absolute Gasteiger partial charge is 0.0668 e. The first-order chi connectivity index (χ1) is 8.02. The van der Waals surface area contributed by atoms with Crippen LogP contribution in [0.4, 0.5) is 0 Å². The summed E-state index contributed by atoms with van der Waals surface area (Å²) in [6, 6.07) is 6.31. The highest BCUT2D eigenvalue weighted by atomic mass is 15.2. The third kappa shape index (κ3) is 4.44. The first kappa shape index (κ1) is 14.1. The minimum atomic E-state index is 0.0852. The van der Waals surface area contributed by atoms with Gasteiger partial charge in [-0.15, -0.1) is 0 Å². The quantitative estimate of drug-likeness (QED) is 0.823. The van der Waals surface area contributed by atoms with E-state index in [1.807, 2.05) is 25.3 Å². The van der Waals surface area contributed by atoms with Gasteiger partial charge in [-0.3, -0.25) is 9.88 Å². The van der Waals surface area contributed by atoms with Crippen molar-refractivity contribution in [2.24, 2.45) is 11.7 Å². The van der Waals surface area contributed by atoms with Crippen molar-refractivity contribution >= 4 is 0 Å². The van der Waals surface area contributed by atoms with Crippen molar-refractivity contribution in [2.45, 2.75) is 39.3 Å². The van der Waals surface area contributed by atoms with Crippen molar-refractivity contribution in [1.82, 2.24) is 9.88 Å². The minimum Gasteiger partial charge on any atom is -0.326 e. The number of hydrogen-bond donors (Lipinski definition) is 1. The average molecular weight is 235 g/mol. The predicted octanol–water partition coefficient (Wildman–Crippen LogP) is 2.45. The molecular formula is C14H25N3. The molecule has 0 saturated carbocycles. The third-order valence-electron chi connectivity index (χ3n) is 3.02. The lowest BCUT2D eigenvalue weighted by Crippen LogP contribution is -2.38. The van der Waals surface area contributed by atoms with Gasteiger partial charge in [0.05, 0.1) is 11.7 Å². The lowest BCUT2D eigenvalue weighted by Gasteiger charge is -2.31. The van der Waals surface area contributed by atoms with Crippen LogP contribution in [-0.4, -0.2) is 29.5 Å². The Morgan fingerprint density at radius 1 is 1.29 bits per heavy atom. The highest BCUT2D eigenvalue weighted by Crippen LogP contribution is 2.20. The highest BCUT2D eigenvalue weighted by molar-refractivity contribution is 5.10. The van der Waals surface area contributed by atoms with E-state index in [1.54, 1.807) is 0 Å². The molecule has 2 atom stereocenters. The molecule has 0 aliphatic heterocycles. The number of aromatic nitrogens is 1. The van der Waals surface area contributed by atoms with Crippen molar-refractivity contribution in [1.29, 1.82) is 0 Å². The molecule has 17 heavy (non-hydrogen) atoms. The zero-order valence-corrected chi connectivity index (χ0v) is 11.4. The van der Waals surface area contributed by atoms with Crippen LogP contribution in [0.3, 0.4) is 0 Å². The zero-order chi connectivity index (χ0) is 12.8. The van der Waals surface area contributed by atoms with Gasteiger partial charge < -0.3 is 5.73 Å².